The highest BCUT2D eigenvalue weighted by Crippen LogP contribution is 2.42. The van der Waals surface area contributed by atoms with E-state index in [1.54, 1.807) is 0 Å². The van der Waals surface area contributed by atoms with Gasteiger partial charge in [0.05, 0.1) is 31.3 Å². The number of hydrogen-bond donors (Lipinski definition) is 1. The third-order valence-electron chi connectivity index (χ3n) is 8.66. The Bertz CT molecular complexity index is 1650. The number of benzene rings is 6. The van der Waals surface area contributed by atoms with Crippen LogP contribution in [0.5, 0.6) is 0 Å². The lowest BCUT2D eigenvalue weighted by molar-refractivity contribution is -0.0728. The maximum absolute atomic E-state index is 11.7. The van der Waals surface area contributed by atoms with Crippen LogP contribution >= 0.6 is 0 Å². The summed E-state index contributed by atoms with van der Waals surface area (Å²) in [6.45, 7) is -0.135. The average Bonchev–Trinajstić information content (AvgIpc) is 3.16. The predicted molar refractivity (Wildman–Crippen MR) is 185 cm³/mol. The zero-order valence-electron chi connectivity index (χ0n) is 26.1. The molecule has 0 radical (unpaired) electrons. The quantitative estimate of drug-likeness (QED) is 0.132. The lowest BCUT2D eigenvalue weighted by Gasteiger charge is -2.38. The van der Waals surface area contributed by atoms with Gasteiger partial charge >= 0.3 is 0 Å². The van der Waals surface area contributed by atoms with Crippen molar-refractivity contribution in [2.75, 3.05) is 13.2 Å². The second-order valence-corrected chi connectivity index (χ2v) is 11.5. The maximum atomic E-state index is 11.7. The molecule has 6 aromatic rings. The van der Waals surface area contributed by atoms with Crippen LogP contribution in [0, 0.1) is 17.2 Å². The molecule has 6 aromatic carbocycles. The summed E-state index contributed by atoms with van der Waals surface area (Å²) in [4.78, 5) is 0. The third-order valence-corrected chi connectivity index (χ3v) is 8.66. The van der Waals surface area contributed by atoms with Crippen LogP contribution < -0.4 is 0 Å². The van der Waals surface area contributed by atoms with Crippen LogP contribution in [0.2, 0.25) is 0 Å². The molecule has 0 aliphatic carbocycles. The van der Waals surface area contributed by atoms with Gasteiger partial charge in [-0.05, 0) is 33.4 Å². The zero-order valence-corrected chi connectivity index (χ0v) is 26.1. The van der Waals surface area contributed by atoms with Gasteiger partial charge in [-0.25, -0.2) is 0 Å². The largest absolute Gasteiger partial charge is 0.389 e. The second kappa shape index (κ2) is 14.9. The van der Waals surface area contributed by atoms with Gasteiger partial charge < -0.3 is 14.6 Å². The first-order chi connectivity index (χ1) is 23.2. The zero-order chi connectivity index (χ0) is 32.4. The summed E-state index contributed by atoms with van der Waals surface area (Å²) < 4.78 is 13.8. The molecule has 0 spiro atoms. The van der Waals surface area contributed by atoms with Crippen molar-refractivity contribution in [1.82, 2.24) is 0 Å². The minimum absolute atomic E-state index is 0.0330. The van der Waals surface area contributed by atoms with Crippen molar-refractivity contribution >= 4 is 0 Å². The Balaban J connectivity index is 1.34. The van der Waals surface area contributed by atoms with E-state index in [2.05, 4.69) is 6.07 Å². The lowest BCUT2D eigenvalue weighted by Crippen LogP contribution is -2.40. The molecule has 0 fully saturated rings. The Morgan fingerprint density at radius 1 is 0.426 bits per heavy atom. The SMILES string of the molecule is N#C[C@H](COC(c1ccccc1)(c1ccccc1)c1ccccc1)[C@@H](O)COC(c1ccccc1)(c1ccccc1)c1ccccc1. The van der Waals surface area contributed by atoms with Gasteiger partial charge in [0.2, 0.25) is 0 Å². The van der Waals surface area contributed by atoms with E-state index in [0.29, 0.717) is 0 Å². The molecule has 4 heteroatoms. The first kappa shape index (κ1) is 31.7. The fourth-order valence-corrected chi connectivity index (χ4v) is 6.31. The van der Waals surface area contributed by atoms with E-state index in [-0.39, 0.29) is 13.2 Å². The van der Waals surface area contributed by atoms with E-state index in [4.69, 9.17) is 9.47 Å². The van der Waals surface area contributed by atoms with E-state index in [1.165, 1.54) is 0 Å². The number of rotatable bonds is 13. The van der Waals surface area contributed by atoms with Gasteiger partial charge in [0.15, 0.2) is 0 Å². The molecular weight excluding hydrogens is 578 g/mol. The first-order valence-electron chi connectivity index (χ1n) is 15.9. The molecule has 0 saturated carbocycles. The van der Waals surface area contributed by atoms with E-state index in [0.717, 1.165) is 33.4 Å². The van der Waals surface area contributed by atoms with Crippen molar-refractivity contribution < 1.29 is 14.6 Å². The summed E-state index contributed by atoms with van der Waals surface area (Å²) in [5.41, 5.74) is 3.51. The molecule has 0 aromatic heterocycles. The van der Waals surface area contributed by atoms with E-state index >= 15 is 0 Å². The van der Waals surface area contributed by atoms with E-state index < -0.39 is 23.2 Å². The minimum Gasteiger partial charge on any atom is -0.389 e. The van der Waals surface area contributed by atoms with Crippen molar-refractivity contribution in [2.24, 2.45) is 5.92 Å². The van der Waals surface area contributed by atoms with Crippen LogP contribution in [0.4, 0.5) is 0 Å². The Morgan fingerprint density at radius 2 is 0.660 bits per heavy atom. The summed E-state index contributed by atoms with van der Waals surface area (Å²) >= 11 is 0. The van der Waals surface area contributed by atoms with Crippen LogP contribution in [0.25, 0.3) is 0 Å². The summed E-state index contributed by atoms with van der Waals surface area (Å²) in [7, 11) is 0. The predicted octanol–water partition coefficient (Wildman–Crippen LogP) is 8.50. The van der Waals surface area contributed by atoms with Crippen molar-refractivity contribution in [2.45, 2.75) is 17.3 Å². The van der Waals surface area contributed by atoms with Crippen LogP contribution in [0.1, 0.15) is 33.4 Å². The number of hydrogen-bond acceptors (Lipinski definition) is 4. The number of aliphatic hydroxyl groups excluding tert-OH is 1. The summed E-state index contributed by atoms with van der Waals surface area (Å²) in [5, 5.41) is 22.1. The Hall–Kier alpha value is -5.31. The monoisotopic (exact) mass is 615 g/mol. The minimum atomic E-state index is -1.14. The smallest absolute Gasteiger partial charge is 0.143 e. The summed E-state index contributed by atoms with van der Waals surface area (Å²) in [6, 6.07) is 62.4. The second-order valence-electron chi connectivity index (χ2n) is 11.5. The molecule has 232 valence electrons. The maximum Gasteiger partial charge on any atom is 0.143 e. The van der Waals surface area contributed by atoms with Gasteiger partial charge in [-0.15, -0.1) is 0 Å². The van der Waals surface area contributed by atoms with Crippen LogP contribution in [-0.4, -0.2) is 24.4 Å². The molecule has 0 heterocycles. The van der Waals surface area contributed by atoms with Gasteiger partial charge in [0.1, 0.15) is 11.2 Å². The Kier molecular flexibility index (Phi) is 10.0. The fourth-order valence-electron chi connectivity index (χ4n) is 6.31. The molecule has 4 nitrogen and oxygen atoms in total. The highest BCUT2D eigenvalue weighted by atomic mass is 16.5. The highest BCUT2D eigenvalue weighted by molar-refractivity contribution is 5.49. The standard InChI is InChI=1S/C43H37NO3/c44-31-34(32-46-42(35-19-7-1-8-20-35,36-21-9-2-10-22-36)37-23-11-3-12-24-37)41(45)33-47-43(38-25-13-4-14-26-38,39-27-15-5-16-28-39)40-29-17-6-18-30-40/h1-30,34,41,45H,32-33H2/t34-,41+/m1/s1. The number of nitrogens with zero attached hydrogens (tertiary/aromatic N) is 1. The van der Waals surface area contributed by atoms with Crippen LogP contribution in [0.15, 0.2) is 182 Å². The normalized spacial score (nSPS) is 12.9. The lowest BCUT2D eigenvalue weighted by atomic mass is 9.79. The van der Waals surface area contributed by atoms with Crippen molar-refractivity contribution in [3.63, 3.8) is 0 Å². The molecule has 0 unspecified atom stereocenters. The molecular formula is C43H37NO3. The van der Waals surface area contributed by atoms with E-state index in [9.17, 15) is 10.4 Å². The van der Waals surface area contributed by atoms with Crippen molar-refractivity contribution in [1.29, 1.82) is 5.26 Å². The van der Waals surface area contributed by atoms with Gasteiger partial charge in [0, 0.05) is 0 Å². The van der Waals surface area contributed by atoms with Crippen molar-refractivity contribution in [3.05, 3.63) is 215 Å². The van der Waals surface area contributed by atoms with Crippen molar-refractivity contribution in [3.8, 4) is 6.07 Å². The molecule has 47 heavy (non-hydrogen) atoms. The van der Waals surface area contributed by atoms with Gasteiger partial charge in [-0.3, -0.25) is 0 Å². The topological polar surface area (TPSA) is 62.5 Å². The van der Waals surface area contributed by atoms with Gasteiger partial charge in [-0.2, -0.15) is 5.26 Å². The van der Waals surface area contributed by atoms with Gasteiger partial charge in [0.25, 0.3) is 0 Å². The molecule has 0 aliphatic rings. The molecule has 2 atom stereocenters. The molecule has 1 N–H and O–H groups in total. The highest BCUT2D eigenvalue weighted by Gasteiger charge is 2.41. The molecule has 0 aliphatic heterocycles. The van der Waals surface area contributed by atoms with Crippen LogP contribution in [-0.2, 0) is 20.7 Å². The third kappa shape index (κ3) is 6.52. The van der Waals surface area contributed by atoms with Crippen LogP contribution in [0.3, 0.4) is 0 Å². The molecule has 0 bridgehead atoms. The van der Waals surface area contributed by atoms with E-state index in [1.807, 2.05) is 182 Å². The number of nitriles is 1. The molecule has 0 amide bonds. The fraction of sp³-hybridized carbons (Fsp3) is 0.140. The summed E-state index contributed by atoms with van der Waals surface area (Å²) in [6.07, 6.45) is -1.14. The Morgan fingerprint density at radius 3 is 0.894 bits per heavy atom. The number of aliphatic hydroxyl groups is 1. The Labute approximate surface area is 277 Å². The first-order valence-corrected chi connectivity index (χ1v) is 15.9. The van der Waals surface area contributed by atoms with Gasteiger partial charge in [-0.1, -0.05) is 182 Å². The summed E-state index contributed by atoms with van der Waals surface area (Å²) in [5.74, 6) is -0.884. The number of ether oxygens (including phenoxy) is 2. The molecule has 0 saturated heterocycles. The average molecular weight is 616 g/mol. The molecule has 6 rings (SSSR count).